The van der Waals surface area contributed by atoms with E-state index in [1.807, 2.05) is 21.1 Å². The van der Waals surface area contributed by atoms with Crippen LogP contribution in [0.4, 0.5) is 0 Å². The van der Waals surface area contributed by atoms with Crippen LogP contribution in [-0.4, -0.2) is 75.6 Å². The molecule has 0 bridgehead atoms. The highest BCUT2D eigenvalue weighted by atomic mass is 31.2. The predicted octanol–water partition coefficient (Wildman–Crippen LogP) is 12.9. The van der Waals surface area contributed by atoms with Crippen molar-refractivity contribution in [2.24, 2.45) is 0 Å². The average Bonchev–Trinajstić information content (AvgIpc) is 3.13. The Balaban J connectivity index is 4.31. The summed E-state index contributed by atoms with van der Waals surface area (Å²) < 4.78 is 35.0. The molecule has 0 radical (unpaired) electrons. The van der Waals surface area contributed by atoms with Gasteiger partial charge in [-0.25, -0.2) is 4.57 Å². The molecule has 1 N–H and O–H groups in total. The van der Waals surface area contributed by atoms with Crippen LogP contribution in [0.3, 0.4) is 0 Å². The number of hydrogen-bond donors (Lipinski definition) is 1. The van der Waals surface area contributed by atoms with Crippen LogP contribution >= 0.6 is 7.82 Å². The van der Waals surface area contributed by atoms with Crippen molar-refractivity contribution in [2.45, 2.75) is 174 Å². The first-order valence-corrected chi connectivity index (χ1v) is 23.5. The van der Waals surface area contributed by atoms with Crippen LogP contribution in [0.1, 0.15) is 168 Å². The second-order valence-electron chi connectivity index (χ2n) is 15.7. The number of likely N-dealkylation sites (N-methyl/N-ethyl adjacent to an activating group) is 1. The highest BCUT2D eigenvalue weighted by molar-refractivity contribution is 7.47. The Morgan fingerprint density at radius 2 is 1.05 bits per heavy atom. The highest BCUT2D eigenvalue weighted by Crippen LogP contribution is 2.43. The van der Waals surface area contributed by atoms with Gasteiger partial charge in [-0.15, -0.1) is 0 Å². The van der Waals surface area contributed by atoms with Crippen molar-refractivity contribution in [3.8, 4) is 0 Å². The van der Waals surface area contributed by atoms with Crippen LogP contribution in [0.15, 0.2) is 60.8 Å². The van der Waals surface area contributed by atoms with Gasteiger partial charge in [0.1, 0.15) is 19.3 Å². The smallest absolute Gasteiger partial charge is 0.457 e. The number of phosphoric ester groups is 1. The summed E-state index contributed by atoms with van der Waals surface area (Å²) >= 11 is 0. The summed E-state index contributed by atoms with van der Waals surface area (Å²) in [6.45, 7) is 5.45. The van der Waals surface area contributed by atoms with Crippen molar-refractivity contribution in [3.05, 3.63) is 60.8 Å². The average molecular weight is 795 g/mol. The Labute approximate surface area is 339 Å². The number of hydrogen-bond acceptors (Lipinski definition) is 6. The fourth-order valence-corrected chi connectivity index (χ4v) is 6.40. The van der Waals surface area contributed by atoms with Crippen molar-refractivity contribution in [2.75, 3.05) is 54.1 Å². The Morgan fingerprint density at radius 1 is 0.582 bits per heavy atom. The minimum Gasteiger partial charge on any atom is -0.457 e. The molecule has 0 amide bonds. The third kappa shape index (κ3) is 43.2. The minimum absolute atomic E-state index is 0.0798. The number of quaternary nitrogens is 1. The van der Waals surface area contributed by atoms with E-state index >= 15 is 0 Å². The Morgan fingerprint density at radius 3 is 1.60 bits per heavy atom. The van der Waals surface area contributed by atoms with Crippen LogP contribution < -0.4 is 0 Å². The number of phosphoric acid groups is 1. The highest BCUT2D eigenvalue weighted by Gasteiger charge is 2.26. The molecule has 0 aliphatic heterocycles. The molecule has 0 aromatic rings. The van der Waals surface area contributed by atoms with Crippen LogP contribution in [0, 0.1) is 0 Å². The van der Waals surface area contributed by atoms with E-state index < -0.39 is 13.9 Å². The molecule has 0 fully saturated rings. The van der Waals surface area contributed by atoms with Crippen molar-refractivity contribution in [3.63, 3.8) is 0 Å². The molecule has 0 saturated heterocycles. The lowest BCUT2D eigenvalue weighted by Crippen LogP contribution is -2.37. The maximum absolute atomic E-state index is 12.7. The molecule has 0 aromatic carbocycles. The molecule has 0 aliphatic carbocycles. The van der Waals surface area contributed by atoms with Gasteiger partial charge in [-0.05, 0) is 77.0 Å². The largest absolute Gasteiger partial charge is 0.472 e. The summed E-state index contributed by atoms with van der Waals surface area (Å²) in [5, 5.41) is 0. The zero-order valence-electron chi connectivity index (χ0n) is 36.1. The summed E-state index contributed by atoms with van der Waals surface area (Å²) in [6.07, 6.45) is 48.2. The summed E-state index contributed by atoms with van der Waals surface area (Å²) in [4.78, 5) is 22.9. The van der Waals surface area contributed by atoms with Crippen LogP contribution in [0.2, 0.25) is 0 Å². The van der Waals surface area contributed by atoms with Crippen LogP contribution in [0.5, 0.6) is 0 Å². The van der Waals surface area contributed by atoms with E-state index in [1.165, 1.54) is 77.0 Å². The first-order chi connectivity index (χ1) is 26.6. The van der Waals surface area contributed by atoms with E-state index in [9.17, 15) is 14.3 Å². The van der Waals surface area contributed by atoms with Gasteiger partial charge in [0.15, 0.2) is 0 Å². The van der Waals surface area contributed by atoms with Gasteiger partial charge >= 0.3 is 13.8 Å². The lowest BCUT2D eigenvalue weighted by atomic mass is 10.1. The van der Waals surface area contributed by atoms with Gasteiger partial charge in [-0.2, -0.15) is 0 Å². The fourth-order valence-electron chi connectivity index (χ4n) is 5.65. The molecular weight excluding hydrogens is 709 g/mol. The molecule has 8 nitrogen and oxygen atoms in total. The second-order valence-corrected chi connectivity index (χ2v) is 17.1. The first-order valence-electron chi connectivity index (χ1n) is 22.0. The van der Waals surface area contributed by atoms with Crippen molar-refractivity contribution >= 4 is 13.8 Å². The van der Waals surface area contributed by atoms with Gasteiger partial charge in [0.25, 0.3) is 0 Å². The maximum atomic E-state index is 12.7. The second kappa shape index (κ2) is 39.0. The number of ether oxygens (including phenoxy) is 2. The predicted molar refractivity (Wildman–Crippen MR) is 233 cm³/mol. The zero-order chi connectivity index (χ0) is 40.6. The van der Waals surface area contributed by atoms with E-state index in [4.69, 9.17) is 18.5 Å². The van der Waals surface area contributed by atoms with Gasteiger partial charge in [-0.3, -0.25) is 13.8 Å². The normalized spacial score (nSPS) is 14.4. The van der Waals surface area contributed by atoms with E-state index in [2.05, 4.69) is 74.6 Å². The Kier molecular flexibility index (Phi) is 37.8. The van der Waals surface area contributed by atoms with E-state index in [0.717, 1.165) is 70.6 Å². The molecule has 9 heteroatoms. The number of nitrogens with zero attached hydrogens (tertiary/aromatic N) is 1. The monoisotopic (exact) mass is 795 g/mol. The number of allylic oxidation sites excluding steroid dienone is 10. The SMILES string of the molecule is CC/C=C\C/C=C\C/C=C\C/C=C\CCCCCCC(=O)OC(COCCCCCCCC/C=C\CCCCCCCC)COP(=O)(O)OCC[N+](C)(C)C. The number of rotatable bonds is 40. The molecule has 2 unspecified atom stereocenters. The standard InChI is InChI=1S/C46H84NO7P/c1-6-8-10-12-14-16-18-20-22-24-25-27-29-31-33-35-37-39-46(48)54-45(44-53-55(49,50)52-42-40-47(3,4)5)43-51-41-38-36-34-32-30-28-26-23-21-19-17-15-13-11-9-7-2/h8,10,14,16,20-23,25,27,45H,6-7,9,11-13,15,17-19,24,26,28-44H2,1-5H3/p+1/b10-8-,16-14-,22-20-,23-21-,27-25-. The van der Waals surface area contributed by atoms with Gasteiger partial charge in [0, 0.05) is 13.0 Å². The molecular formula is C46H85NO7P+. The zero-order valence-corrected chi connectivity index (χ0v) is 37.0. The molecule has 0 heterocycles. The molecule has 55 heavy (non-hydrogen) atoms. The first kappa shape index (κ1) is 53.2. The van der Waals surface area contributed by atoms with E-state index in [0.29, 0.717) is 24.1 Å². The Bertz CT molecular complexity index is 1060. The van der Waals surface area contributed by atoms with E-state index in [1.54, 1.807) is 0 Å². The lowest BCUT2D eigenvalue weighted by Gasteiger charge is -2.24. The van der Waals surface area contributed by atoms with Crippen molar-refractivity contribution in [1.82, 2.24) is 0 Å². The summed E-state index contributed by atoms with van der Waals surface area (Å²) in [5.41, 5.74) is 0. The van der Waals surface area contributed by atoms with Crippen molar-refractivity contribution < 1.29 is 37.3 Å². The van der Waals surface area contributed by atoms with Crippen molar-refractivity contribution in [1.29, 1.82) is 0 Å². The molecule has 0 rings (SSSR count). The summed E-state index contributed by atoms with van der Waals surface area (Å²) in [5.74, 6) is -0.341. The molecule has 320 valence electrons. The summed E-state index contributed by atoms with van der Waals surface area (Å²) in [7, 11) is 1.64. The number of unbranched alkanes of at least 4 members (excludes halogenated alkanes) is 16. The molecule has 2 atom stereocenters. The van der Waals surface area contributed by atoms with Gasteiger partial charge in [0.05, 0.1) is 34.4 Å². The summed E-state index contributed by atoms with van der Waals surface area (Å²) in [6, 6.07) is 0. The van der Waals surface area contributed by atoms with Gasteiger partial charge < -0.3 is 18.9 Å². The van der Waals surface area contributed by atoms with Gasteiger partial charge in [-0.1, -0.05) is 145 Å². The molecule has 0 spiro atoms. The molecule has 0 saturated carbocycles. The maximum Gasteiger partial charge on any atom is 0.472 e. The Hall–Kier alpha value is -1.80. The number of carbonyl (C=O) groups excluding carboxylic acids is 1. The molecule has 0 aromatic heterocycles. The fraction of sp³-hybridized carbons (Fsp3) is 0.761. The quantitative estimate of drug-likeness (QED) is 0.0217. The topological polar surface area (TPSA) is 91.3 Å². The third-order valence-electron chi connectivity index (χ3n) is 9.06. The lowest BCUT2D eigenvalue weighted by molar-refractivity contribution is -0.870. The van der Waals surface area contributed by atoms with E-state index in [-0.39, 0.29) is 25.8 Å². The minimum atomic E-state index is -4.28. The number of esters is 1. The van der Waals surface area contributed by atoms with Crippen LogP contribution in [0.25, 0.3) is 0 Å². The number of carbonyl (C=O) groups is 1. The van der Waals surface area contributed by atoms with Gasteiger partial charge in [0.2, 0.25) is 0 Å². The third-order valence-corrected chi connectivity index (χ3v) is 10.0. The molecule has 0 aliphatic rings. The van der Waals surface area contributed by atoms with Crippen LogP contribution in [-0.2, 0) is 27.9 Å².